The normalized spacial score (nSPS) is 16.1. The zero-order valence-corrected chi connectivity index (χ0v) is 16.5. The van der Waals surface area contributed by atoms with E-state index in [4.69, 9.17) is 5.73 Å². The van der Waals surface area contributed by atoms with Crippen LogP contribution in [0.5, 0.6) is 0 Å². The van der Waals surface area contributed by atoms with Gasteiger partial charge < -0.3 is 10.6 Å². The van der Waals surface area contributed by atoms with Crippen molar-refractivity contribution in [3.63, 3.8) is 0 Å². The lowest BCUT2D eigenvalue weighted by Crippen LogP contribution is -2.30. The number of pyridine rings is 1. The van der Waals surface area contributed by atoms with E-state index < -0.39 is 0 Å². The smallest absolute Gasteiger partial charge is 0.276 e. The Kier molecular flexibility index (Phi) is 6.75. The molecule has 0 bridgehead atoms. The van der Waals surface area contributed by atoms with E-state index >= 15 is 0 Å². The minimum Gasteiger partial charge on any atom is -0.337 e. The molecule has 1 atom stereocenters. The summed E-state index contributed by atoms with van der Waals surface area (Å²) in [6, 6.07) is 9.79. The van der Waals surface area contributed by atoms with Crippen LogP contribution >= 0.6 is 24.8 Å². The molecule has 1 unspecified atom stereocenters. The van der Waals surface area contributed by atoms with E-state index in [0.29, 0.717) is 24.7 Å². The van der Waals surface area contributed by atoms with Gasteiger partial charge in [-0.1, -0.05) is 23.4 Å². The van der Waals surface area contributed by atoms with Crippen molar-refractivity contribution in [3.05, 3.63) is 47.9 Å². The molecule has 4 rings (SSSR count). The number of nitrogens with two attached hydrogens (primary N) is 1. The molecule has 7 nitrogen and oxygen atoms in total. The number of hydrogen-bond donors (Lipinski definition) is 1. The van der Waals surface area contributed by atoms with Gasteiger partial charge in [0, 0.05) is 24.7 Å². The van der Waals surface area contributed by atoms with Crippen LogP contribution in [-0.4, -0.2) is 50.4 Å². The van der Waals surface area contributed by atoms with E-state index in [0.717, 1.165) is 35.2 Å². The molecule has 2 N–H and O–H groups in total. The predicted molar refractivity (Wildman–Crippen MR) is 109 cm³/mol. The Morgan fingerprint density at radius 3 is 2.78 bits per heavy atom. The highest BCUT2D eigenvalue weighted by Gasteiger charge is 2.29. The summed E-state index contributed by atoms with van der Waals surface area (Å²) in [5, 5.41) is 9.40. The second-order valence-corrected chi connectivity index (χ2v) is 6.43. The number of para-hydroxylation sites is 1. The molecule has 9 heteroatoms. The number of likely N-dealkylation sites (tertiary alicyclic amines) is 1. The molecular weight excluding hydrogens is 387 g/mol. The Labute approximate surface area is 169 Å². The maximum atomic E-state index is 12.8. The van der Waals surface area contributed by atoms with Gasteiger partial charge in [0.2, 0.25) is 0 Å². The molecule has 1 aliphatic rings. The van der Waals surface area contributed by atoms with Gasteiger partial charge >= 0.3 is 0 Å². The van der Waals surface area contributed by atoms with E-state index in [1.165, 1.54) is 0 Å². The number of carbonyl (C=O) groups is 1. The quantitative estimate of drug-likeness (QED) is 0.718. The summed E-state index contributed by atoms with van der Waals surface area (Å²) in [7, 11) is 0. The Morgan fingerprint density at radius 2 is 2.04 bits per heavy atom. The van der Waals surface area contributed by atoms with Crippen molar-refractivity contribution in [2.45, 2.75) is 13.3 Å². The van der Waals surface area contributed by atoms with Crippen molar-refractivity contribution in [2.75, 3.05) is 19.6 Å². The van der Waals surface area contributed by atoms with Gasteiger partial charge in [0.15, 0.2) is 5.69 Å². The number of nitrogens with zero attached hydrogens (tertiary/aromatic N) is 5. The third kappa shape index (κ3) is 3.76. The first-order chi connectivity index (χ1) is 12.2. The molecular formula is C18H22Cl2N6O. The van der Waals surface area contributed by atoms with Crippen LogP contribution in [0.2, 0.25) is 0 Å². The van der Waals surface area contributed by atoms with Gasteiger partial charge in [0.1, 0.15) is 0 Å². The van der Waals surface area contributed by atoms with Crippen LogP contribution in [0.1, 0.15) is 22.6 Å². The van der Waals surface area contributed by atoms with Crippen LogP contribution in [-0.2, 0) is 0 Å². The van der Waals surface area contributed by atoms with Crippen LogP contribution in [0.4, 0.5) is 0 Å². The molecule has 1 aromatic carbocycles. The zero-order valence-electron chi connectivity index (χ0n) is 14.9. The molecule has 27 heavy (non-hydrogen) atoms. The molecule has 1 amide bonds. The Balaban J connectivity index is 0.00000131. The second kappa shape index (κ2) is 8.65. The summed E-state index contributed by atoms with van der Waals surface area (Å²) in [5.74, 6) is 0.300. The van der Waals surface area contributed by atoms with Crippen molar-refractivity contribution < 1.29 is 4.79 Å². The van der Waals surface area contributed by atoms with Crippen molar-refractivity contribution in [1.82, 2.24) is 24.9 Å². The van der Waals surface area contributed by atoms with Crippen LogP contribution < -0.4 is 5.73 Å². The molecule has 3 heterocycles. The highest BCUT2D eigenvalue weighted by atomic mass is 35.5. The number of benzene rings is 1. The van der Waals surface area contributed by atoms with Crippen LogP contribution in [0, 0.1) is 12.8 Å². The molecule has 0 spiro atoms. The van der Waals surface area contributed by atoms with Crippen molar-refractivity contribution >= 4 is 41.6 Å². The zero-order chi connectivity index (χ0) is 17.4. The fourth-order valence-corrected chi connectivity index (χ4v) is 3.37. The second-order valence-electron chi connectivity index (χ2n) is 6.43. The molecule has 2 aromatic heterocycles. The Hall–Kier alpha value is -2.22. The van der Waals surface area contributed by atoms with Crippen molar-refractivity contribution in [2.24, 2.45) is 11.7 Å². The summed E-state index contributed by atoms with van der Waals surface area (Å²) in [5.41, 5.74) is 8.49. The van der Waals surface area contributed by atoms with Gasteiger partial charge in [0.25, 0.3) is 5.91 Å². The highest BCUT2D eigenvalue weighted by Crippen LogP contribution is 2.23. The molecule has 0 saturated carbocycles. The first kappa shape index (κ1) is 21.1. The number of aromatic nitrogens is 4. The molecule has 1 fully saturated rings. The lowest BCUT2D eigenvalue weighted by molar-refractivity contribution is 0.0781. The fourth-order valence-electron chi connectivity index (χ4n) is 3.37. The first-order valence-electron chi connectivity index (χ1n) is 8.45. The van der Waals surface area contributed by atoms with Gasteiger partial charge in [-0.3, -0.25) is 9.78 Å². The average molecular weight is 409 g/mol. The summed E-state index contributed by atoms with van der Waals surface area (Å²) >= 11 is 0. The topological polar surface area (TPSA) is 89.9 Å². The average Bonchev–Trinajstić information content (AvgIpc) is 3.27. The number of hydrogen-bond acceptors (Lipinski definition) is 5. The highest BCUT2D eigenvalue weighted by molar-refractivity contribution is 5.94. The minimum absolute atomic E-state index is 0. The first-order valence-corrected chi connectivity index (χ1v) is 8.45. The molecule has 1 saturated heterocycles. The van der Waals surface area contributed by atoms with Crippen LogP contribution in [0.25, 0.3) is 16.6 Å². The van der Waals surface area contributed by atoms with Crippen molar-refractivity contribution in [3.8, 4) is 5.69 Å². The van der Waals surface area contributed by atoms with E-state index in [-0.39, 0.29) is 30.7 Å². The number of fused-ring (bicyclic) bond motifs is 1. The Morgan fingerprint density at radius 1 is 1.26 bits per heavy atom. The minimum atomic E-state index is -0.0760. The Bertz CT molecular complexity index is 939. The SMILES string of the molecule is Cc1c(C(=O)N2CCC(CN)C2)nnn1-c1cccc2cccnc12.Cl.Cl. The van der Waals surface area contributed by atoms with E-state index in [9.17, 15) is 4.79 Å². The monoisotopic (exact) mass is 408 g/mol. The fraction of sp³-hybridized carbons (Fsp3) is 0.333. The third-order valence-corrected chi connectivity index (χ3v) is 4.84. The maximum Gasteiger partial charge on any atom is 0.276 e. The molecule has 1 aliphatic heterocycles. The standard InChI is InChI=1S/C18H20N6O.2ClH/c1-12-16(18(25)23-9-7-13(10-19)11-23)21-22-24(12)15-6-2-4-14-5-3-8-20-17(14)15;;/h2-6,8,13H,7,9-11,19H2,1H3;2*1H. The number of rotatable bonds is 3. The number of amides is 1. The van der Waals surface area contributed by atoms with Gasteiger partial charge in [-0.15, -0.1) is 29.9 Å². The van der Waals surface area contributed by atoms with E-state index in [1.807, 2.05) is 42.2 Å². The lowest BCUT2D eigenvalue weighted by Gasteiger charge is -2.15. The summed E-state index contributed by atoms with van der Waals surface area (Å²) in [6.07, 6.45) is 2.70. The van der Waals surface area contributed by atoms with E-state index in [1.54, 1.807) is 10.9 Å². The third-order valence-electron chi connectivity index (χ3n) is 4.84. The van der Waals surface area contributed by atoms with Gasteiger partial charge in [0.05, 0.1) is 16.9 Å². The molecule has 0 aliphatic carbocycles. The molecule has 3 aromatic rings. The van der Waals surface area contributed by atoms with Crippen LogP contribution in [0.3, 0.4) is 0 Å². The number of carbonyl (C=O) groups excluding carboxylic acids is 1. The lowest BCUT2D eigenvalue weighted by atomic mass is 10.1. The summed E-state index contributed by atoms with van der Waals surface area (Å²) in [4.78, 5) is 19.1. The molecule has 144 valence electrons. The van der Waals surface area contributed by atoms with Crippen molar-refractivity contribution in [1.29, 1.82) is 0 Å². The molecule has 0 radical (unpaired) electrons. The van der Waals surface area contributed by atoms with Gasteiger partial charge in [-0.2, -0.15) is 0 Å². The largest absolute Gasteiger partial charge is 0.337 e. The predicted octanol–water partition coefficient (Wildman–Crippen LogP) is 2.39. The summed E-state index contributed by atoms with van der Waals surface area (Å²) < 4.78 is 1.69. The summed E-state index contributed by atoms with van der Waals surface area (Å²) in [6.45, 7) is 3.89. The van der Waals surface area contributed by atoms with Gasteiger partial charge in [-0.25, -0.2) is 4.68 Å². The maximum absolute atomic E-state index is 12.8. The van der Waals surface area contributed by atoms with Crippen LogP contribution in [0.15, 0.2) is 36.5 Å². The van der Waals surface area contributed by atoms with E-state index in [2.05, 4.69) is 15.3 Å². The van der Waals surface area contributed by atoms with Gasteiger partial charge in [-0.05, 0) is 37.9 Å². The number of halogens is 2.